The van der Waals surface area contributed by atoms with E-state index in [1.807, 2.05) is 12.1 Å². The molecule has 0 aliphatic carbocycles. The van der Waals surface area contributed by atoms with Crippen molar-refractivity contribution in [3.63, 3.8) is 0 Å². The molecule has 3 heteroatoms. The van der Waals surface area contributed by atoms with Gasteiger partial charge in [-0.3, -0.25) is 0 Å². The maximum absolute atomic E-state index is 8.60. The first-order valence-corrected chi connectivity index (χ1v) is 3.98. The van der Waals surface area contributed by atoms with Gasteiger partial charge in [-0.1, -0.05) is 0 Å². The van der Waals surface area contributed by atoms with Crippen molar-refractivity contribution in [2.45, 2.75) is 19.3 Å². The molecule has 1 saturated heterocycles. The van der Waals surface area contributed by atoms with Gasteiger partial charge in [-0.15, -0.1) is 0 Å². The number of nitrogens with zero attached hydrogens (tertiary/aromatic N) is 2. The van der Waals surface area contributed by atoms with Gasteiger partial charge in [0.2, 0.25) is 0 Å². The van der Waals surface area contributed by atoms with E-state index in [-0.39, 0.29) is 5.57 Å². The van der Waals surface area contributed by atoms with Crippen LogP contribution in [-0.2, 0) is 4.74 Å². The van der Waals surface area contributed by atoms with Crippen molar-refractivity contribution in [3.05, 3.63) is 11.1 Å². The second kappa shape index (κ2) is 4.54. The molecule has 12 heavy (non-hydrogen) atoms. The van der Waals surface area contributed by atoms with Crippen molar-refractivity contribution in [3.8, 4) is 12.1 Å². The van der Waals surface area contributed by atoms with Gasteiger partial charge in [-0.25, -0.2) is 0 Å². The quantitative estimate of drug-likeness (QED) is 0.507. The molecule has 0 amide bonds. The van der Waals surface area contributed by atoms with Crippen molar-refractivity contribution < 1.29 is 4.74 Å². The predicted molar refractivity (Wildman–Crippen MR) is 42.9 cm³/mol. The summed E-state index contributed by atoms with van der Waals surface area (Å²) in [6.45, 7) is 1.38. The summed E-state index contributed by atoms with van der Waals surface area (Å²) in [5.74, 6) is 0. The summed E-state index contributed by atoms with van der Waals surface area (Å²) in [5.41, 5.74) is 1.23. The topological polar surface area (TPSA) is 56.8 Å². The standard InChI is InChI=1S/C9H10N2O/c10-6-9(7-11)8-2-1-4-12-5-3-8/h1-5H2. The molecule has 0 unspecified atom stereocenters. The maximum Gasteiger partial charge on any atom is 0.128 e. The number of nitriles is 2. The molecule has 0 aromatic heterocycles. The smallest absolute Gasteiger partial charge is 0.128 e. The summed E-state index contributed by atoms with van der Waals surface area (Å²) < 4.78 is 5.21. The first-order valence-electron chi connectivity index (χ1n) is 3.98. The summed E-state index contributed by atoms with van der Waals surface area (Å²) >= 11 is 0. The van der Waals surface area contributed by atoms with Crippen LogP contribution in [0, 0.1) is 22.7 Å². The Kier molecular flexibility index (Phi) is 3.32. The van der Waals surface area contributed by atoms with E-state index in [1.54, 1.807) is 0 Å². The van der Waals surface area contributed by atoms with Gasteiger partial charge in [0.25, 0.3) is 0 Å². The van der Waals surface area contributed by atoms with Crippen LogP contribution in [-0.4, -0.2) is 13.2 Å². The third kappa shape index (κ3) is 2.08. The lowest BCUT2D eigenvalue weighted by Gasteiger charge is -1.98. The molecule has 1 rings (SSSR count). The fourth-order valence-corrected chi connectivity index (χ4v) is 1.24. The third-order valence-corrected chi connectivity index (χ3v) is 1.89. The number of ether oxygens (including phenoxy) is 1. The van der Waals surface area contributed by atoms with Crippen molar-refractivity contribution in [1.82, 2.24) is 0 Å². The molecular formula is C9H10N2O. The van der Waals surface area contributed by atoms with Crippen molar-refractivity contribution in [1.29, 1.82) is 10.5 Å². The van der Waals surface area contributed by atoms with Crippen LogP contribution in [0.3, 0.4) is 0 Å². The Bertz CT molecular complexity index is 241. The summed E-state index contributed by atoms with van der Waals surface area (Å²) in [6, 6.07) is 3.82. The highest BCUT2D eigenvalue weighted by Gasteiger charge is 2.09. The highest BCUT2D eigenvalue weighted by Crippen LogP contribution is 2.17. The zero-order chi connectivity index (χ0) is 8.81. The van der Waals surface area contributed by atoms with Crippen LogP contribution >= 0.6 is 0 Å². The van der Waals surface area contributed by atoms with E-state index in [4.69, 9.17) is 15.3 Å². The fourth-order valence-electron chi connectivity index (χ4n) is 1.24. The maximum atomic E-state index is 8.60. The fraction of sp³-hybridized carbons (Fsp3) is 0.556. The highest BCUT2D eigenvalue weighted by molar-refractivity contribution is 5.40. The van der Waals surface area contributed by atoms with E-state index >= 15 is 0 Å². The molecule has 0 aromatic rings. The van der Waals surface area contributed by atoms with Gasteiger partial charge in [0.15, 0.2) is 0 Å². The number of rotatable bonds is 0. The van der Waals surface area contributed by atoms with E-state index in [1.165, 1.54) is 0 Å². The average Bonchev–Trinajstić information content (AvgIpc) is 2.35. The monoisotopic (exact) mass is 162 g/mol. The van der Waals surface area contributed by atoms with Gasteiger partial charge in [-0.2, -0.15) is 10.5 Å². The molecular weight excluding hydrogens is 152 g/mol. The van der Waals surface area contributed by atoms with Crippen molar-refractivity contribution >= 4 is 0 Å². The molecule has 0 bridgehead atoms. The molecule has 1 aliphatic rings. The molecule has 0 saturated carbocycles. The predicted octanol–water partition coefficient (Wildman–Crippen LogP) is 1.53. The Hall–Kier alpha value is -1.32. The van der Waals surface area contributed by atoms with Gasteiger partial charge < -0.3 is 4.74 Å². The molecule has 62 valence electrons. The second-order valence-corrected chi connectivity index (χ2v) is 2.67. The van der Waals surface area contributed by atoms with Crippen molar-refractivity contribution in [2.75, 3.05) is 13.2 Å². The molecule has 0 atom stereocenters. The van der Waals surface area contributed by atoms with Crippen molar-refractivity contribution in [2.24, 2.45) is 0 Å². The van der Waals surface area contributed by atoms with Gasteiger partial charge in [0.1, 0.15) is 17.7 Å². The molecule has 0 N–H and O–H groups in total. The Morgan fingerprint density at radius 3 is 2.58 bits per heavy atom. The van der Waals surface area contributed by atoms with E-state index < -0.39 is 0 Å². The summed E-state index contributed by atoms with van der Waals surface area (Å²) in [4.78, 5) is 0. The number of hydrogen-bond donors (Lipinski definition) is 0. The lowest BCUT2D eigenvalue weighted by molar-refractivity contribution is 0.146. The Labute approximate surface area is 71.9 Å². The lowest BCUT2D eigenvalue weighted by Crippen LogP contribution is -1.91. The Morgan fingerprint density at radius 1 is 1.17 bits per heavy atom. The van der Waals surface area contributed by atoms with Crippen LogP contribution in [0.25, 0.3) is 0 Å². The zero-order valence-corrected chi connectivity index (χ0v) is 6.84. The summed E-state index contributed by atoms with van der Waals surface area (Å²) in [5, 5.41) is 17.2. The van der Waals surface area contributed by atoms with Gasteiger partial charge in [-0.05, 0) is 24.8 Å². The lowest BCUT2D eigenvalue weighted by atomic mass is 10.0. The van der Waals surface area contributed by atoms with Crippen LogP contribution in [0.15, 0.2) is 11.1 Å². The molecule has 1 aliphatic heterocycles. The van der Waals surface area contributed by atoms with Crippen LogP contribution in [0.2, 0.25) is 0 Å². The highest BCUT2D eigenvalue weighted by atomic mass is 16.5. The third-order valence-electron chi connectivity index (χ3n) is 1.89. The number of allylic oxidation sites excluding steroid dienone is 1. The molecule has 1 heterocycles. The molecule has 3 nitrogen and oxygen atoms in total. The van der Waals surface area contributed by atoms with Gasteiger partial charge in [0.05, 0.1) is 6.61 Å². The van der Waals surface area contributed by atoms with Gasteiger partial charge in [0, 0.05) is 6.61 Å². The zero-order valence-electron chi connectivity index (χ0n) is 6.84. The largest absolute Gasteiger partial charge is 0.381 e. The minimum atomic E-state index is 0.278. The molecule has 0 aromatic carbocycles. The summed E-state index contributed by atoms with van der Waals surface area (Å²) in [7, 11) is 0. The van der Waals surface area contributed by atoms with E-state index in [0.717, 1.165) is 31.4 Å². The minimum absolute atomic E-state index is 0.278. The minimum Gasteiger partial charge on any atom is -0.381 e. The van der Waals surface area contributed by atoms with Crippen LogP contribution in [0.5, 0.6) is 0 Å². The SMILES string of the molecule is N#CC(C#N)=C1CCCOCC1. The molecule has 0 spiro atoms. The summed E-state index contributed by atoms with van der Waals surface area (Å²) in [6.07, 6.45) is 2.48. The Balaban J connectivity index is 2.78. The molecule has 0 radical (unpaired) electrons. The first kappa shape index (κ1) is 8.77. The first-order chi connectivity index (χ1) is 5.88. The van der Waals surface area contributed by atoms with Crippen LogP contribution in [0.1, 0.15) is 19.3 Å². The van der Waals surface area contributed by atoms with Crippen LogP contribution < -0.4 is 0 Å². The molecule has 1 fully saturated rings. The van der Waals surface area contributed by atoms with E-state index in [9.17, 15) is 0 Å². The van der Waals surface area contributed by atoms with Gasteiger partial charge >= 0.3 is 0 Å². The average molecular weight is 162 g/mol. The van der Waals surface area contributed by atoms with E-state index in [0.29, 0.717) is 6.61 Å². The van der Waals surface area contributed by atoms with E-state index in [2.05, 4.69) is 0 Å². The number of hydrogen-bond acceptors (Lipinski definition) is 3. The second-order valence-electron chi connectivity index (χ2n) is 2.67. The normalized spacial score (nSPS) is 17.3. The Morgan fingerprint density at radius 2 is 1.92 bits per heavy atom. The van der Waals surface area contributed by atoms with Crippen LogP contribution in [0.4, 0.5) is 0 Å².